The van der Waals surface area contributed by atoms with Crippen LogP contribution in [0.5, 0.6) is 0 Å². The predicted octanol–water partition coefficient (Wildman–Crippen LogP) is 2.52. The molecule has 2 N–H and O–H groups in total. The van der Waals surface area contributed by atoms with E-state index in [1.807, 2.05) is 19.9 Å². The quantitative estimate of drug-likeness (QED) is 0.498. The van der Waals surface area contributed by atoms with Crippen molar-refractivity contribution in [2.24, 2.45) is 0 Å². The minimum Gasteiger partial charge on any atom is -0.267 e. The van der Waals surface area contributed by atoms with Crippen LogP contribution in [0.25, 0.3) is 5.82 Å². The Morgan fingerprint density at radius 2 is 1.72 bits per heavy atom. The maximum absolute atomic E-state index is 12.4. The number of rotatable bonds is 4. The Kier molecular flexibility index (Phi) is 5.55. The van der Waals surface area contributed by atoms with Crippen LogP contribution in [0.4, 0.5) is 5.69 Å². The molecule has 0 aliphatic heterocycles. The van der Waals surface area contributed by atoms with Gasteiger partial charge in [-0.3, -0.25) is 30.6 Å². The number of hydrogen-bond donors (Lipinski definition) is 2. The Balaban J connectivity index is 1.73. The van der Waals surface area contributed by atoms with Gasteiger partial charge in [-0.1, -0.05) is 11.6 Å². The number of amides is 2. The van der Waals surface area contributed by atoms with Crippen molar-refractivity contribution in [3.63, 3.8) is 0 Å². The van der Waals surface area contributed by atoms with Crippen molar-refractivity contribution in [3.8, 4) is 5.82 Å². The molecule has 0 spiro atoms. The van der Waals surface area contributed by atoms with Gasteiger partial charge in [0.2, 0.25) is 0 Å². The largest absolute Gasteiger partial charge is 0.289 e. The maximum atomic E-state index is 12.4. The molecule has 0 saturated carbocycles. The lowest BCUT2D eigenvalue weighted by molar-refractivity contribution is -0.384. The number of aromatic nitrogens is 3. The number of benzene rings is 1. The minimum absolute atomic E-state index is 0.0948. The van der Waals surface area contributed by atoms with Crippen LogP contribution in [-0.2, 0) is 0 Å². The number of nitro groups is 1. The van der Waals surface area contributed by atoms with Gasteiger partial charge in [-0.15, -0.1) is 0 Å². The minimum atomic E-state index is -0.728. The molecule has 0 bridgehead atoms. The summed E-state index contributed by atoms with van der Waals surface area (Å²) in [5.74, 6) is -0.987. The number of non-ortho nitro benzene ring substituents is 1. The molecule has 2 heterocycles. The van der Waals surface area contributed by atoms with E-state index in [0.717, 1.165) is 11.4 Å². The van der Waals surface area contributed by atoms with E-state index in [0.29, 0.717) is 5.82 Å². The molecule has 0 aliphatic rings. The van der Waals surface area contributed by atoms with E-state index in [1.165, 1.54) is 30.3 Å². The van der Waals surface area contributed by atoms with Gasteiger partial charge in [-0.2, -0.15) is 5.10 Å². The predicted molar refractivity (Wildman–Crippen MR) is 104 cm³/mol. The summed E-state index contributed by atoms with van der Waals surface area (Å²) in [6.07, 6.45) is 0. The molecule has 2 aromatic heterocycles. The number of nitrogens with one attached hydrogen (secondary N) is 2. The highest BCUT2D eigenvalue weighted by Crippen LogP contribution is 2.18. The second-order valence-corrected chi connectivity index (χ2v) is 6.46. The fourth-order valence-electron chi connectivity index (χ4n) is 2.55. The smallest absolute Gasteiger partial charge is 0.267 e. The van der Waals surface area contributed by atoms with Gasteiger partial charge >= 0.3 is 0 Å². The summed E-state index contributed by atoms with van der Waals surface area (Å²) in [6, 6.07) is 9.91. The molecule has 2 amide bonds. The molecule has 1 aromatic carbocycles. The zero-order chi connectivity index (χ0) is 21.1. The van der Waals surface area contributed by atoms with Crippen molar-refractivity contribution >= 4 is 29.1 Å². The first kappa shape index (κ1) is 20.0. The van der Waals surface area contributed by atoms with Crippen LogP contribution in [0.15, 0.2) is 42.5 Å². The molecule has 3 rings (SSSR count). The van der Waals surface area contributed by atoms with Gasteiger partial charge in [-0.05, 0) is 44.2 Å². The van der Waals surface area contributed by atoms with Gasteiger partial charge in [-0.25, -0.2) is 9.67 Å². The van der Waals surface area contributed by atoms with Crippen molar-refractivity contribution < 1.29 is 14.5 Å². The van der Waals surface area contributed by atoms with Crippen LogP contribution < -0.4 is 10.9 Å². The summed E-state index contributed by atoms with van der Waals surface area (Å²) in [5, 5.41) is 15.1. The van der Waals surface area contributed by atoms with Gasteiger partial charge in [0.25, 0.3) is 17.5 Å². The first-order chi connectivity index (χ1) is 13.8. The number of nitrogens with zero attached hydrogens (tertiary/aromatic N) is 4. The zero-order valence-electron chi connectivity index (χ0n) is 15.3. The van der Waals surface area contributed by atoms with Gasteiger partial charge < -0.3 is 0 Å². The van der Waals surface area contributed by atoms with Crippen LogP contribution in [0.2, 0.25) is 5.02 Å². The third-order valence-electron chi connectivity index (χ3n) is 3.90. The molecule has 0 aliphatic carbocycles. The molecule has 10 nitrogen and oxygen atoms in total. The number of nitro benzene ring substituents is 1. The average molecular weight is 415 g/mol. The molecule has 0 radical (unpaired) electrons. The third-order valence-corrected chi connectivity index (χ3v) is 4.21. The zero-order valence-corrected chi connectivity index (χ0v) is 16.1. The highest BCUT2D eigenvalue weighted by Gasteiger charge is 2.17. The monoisotopic (exact) mass is 414 g/mol. The fourth-order valence-corrected chi connectivity index (χ4v) is 2.74. The molecule has 29 heavy (non-hydrogen) atoms. The maximum Gasteiger partial charge on any atom is 0.289 e. The lowest BCUT2D eigenvalue weighted by Crippen LogP contribution is -2.42. The van der Waals surface area contributed by atoms with Crippen molar-refractivity contribution in [2.75, 3.05) is 0 Å². The Morgan fingerprint density at radius 1 is 1.07 bits per heavy atom. The van der Waals surface area contributed by atoms with E-state index < -0.39 is 16.7 Å². The topological polar surface area (TPSA) is 132 Å². The Morgan fingerprint density at radius 3 is 2.31 bits per heavy atom. The Bertz CT molecular complexity index is 1110. The Labute approximate surface area is 169 Å². The van der Waals surface area contributed by atoms with Gasteiger partial charge in [0.15, 0.2) is 11.5 Å². The number of hydrogen-bond acceptors (Lipinski definition) is 6. The van der Waals surface area contributed by atoms with Gasteiger partial charge in [0, 0.05) is 23.4 Å². The summed E-state index contributed by atoms with van der Waals surface area (Å²) >= 11 is 6.07. The molecule has 148 valence electrons. The van der Waals surface area contributed by atoms with Crippen LogP contribution in [0.3, 0.4) is 0 Å². The van der Waals surface area contributed by atoms with Crippen molar-refractivity contribution in [2.45, 2.75) is 13.8 Å². The van der Waals surface area contributed by atoms with Gasteiger partial charge in [0.1, 0.15) is 0 Å². The summed E-state index contributed by atoms with van der Waals surface area (Å²) < 4.78 is 1.57. The highest BCUT2D eigenvalue weighted by molar-refractivity contribution is 6.33. The normalized spacial score (nSPS) is 10.4. The van der Waals surface area contributed by atoms with E-state index in [4.69, 9.17) is 11.6 Å². The number of aryl methyl sites for hydroxylation is 2. The Hall–Kier alpha value is -3.79. The highest BCUT2D eigenvalue weighted by atomic mass is 35.5. The molecule has 0 saturated heterocycles. The van der Waals surface area contributed by atoms with Crippen molar-refractivity contribution in [3.05, 3.63) is 80.2 Å². The van der Waals surface area contributed by atoms with E-state index in [2.05, 4.69) is 20.9 Å². The first-order valence-corrected chi connectivity index (χ1v) is 8.69. The number of hydrazine groups is 1. The molecule has 3 aromatic rings. The number of halogens is 1. The summed E-state index contributed by atoms with van der Waals surface area (Å²) in [7, 11) is 0. The second kappa shape index (κ2) is 8.07. The van der Waals surface area contributed by atoms with Crippen molar-refractivity contribution in [1.29, 1.82) is 0 Å². The number of carbonyl (C=O) groups is 2. The van der Waals surface area contributed by atoms with E-state index in [-0.39, 0.29) is 22.0 Å². The van der Waals surface area contributed by atoms with Crippen LogP contribution in [0, 0.1) is 24.0 Å². The van der Waals surface area contributed by atoms with E-state index in [9.17, 15) is 19.7 Å². The molecular weight excluding hydrogens is 400 g/mol. The first-order valence-electron chi connectivity index (χ1n) is 8.31. The van der Waals surface area contributed by atoms with Crippen LogP contribution in [-0.4, -0.2) is 31.5 Å². The lowest BCUT2D eigenvalue weighted by Gasteiger charge is -2.10. The summed E-state index contributed by atoms with van der Waals surface area (Å²) in [5.41, 5.74) is 5.95. The molecule has 0 atom stereocenters. The van der Waals surface area contributed by atoms with Crippen LogP contribution >= 0.6 is 11.6 Å². The van der Waals surface area contributed by atoms with Crippen LogP contribution in [0.1, 0.15) is 32.2 Å². The number of pyridine rings is 1. The fraction of sp³-hybridized carbons (Fsp3) is 0.111. The van der Waals surface area contributed by atoms with Gasteiger partial charge in [0.05, 0.1) is 15.6 Å². The molecule has 11 heteroatoms. The van der Waals surface area contributed by atoms with Crippen molar-refractivity contribution in [1.82, 2.24) is 25.6 Å². The standard InChI is InChI=1S/C18H15ClN6O4/c1-10-9-11(2)24(23-10)15-8-7-14(19)16(20-15)18(27)22-21-17(26)12-3-5-13(6-4-12)25(28)29/h3-9H,1-2H3,(H,21,26)(H,22,27). The number of carbonyl (C=O) groups excluding carboxylic acids is 2. The van der Waals surface area contributed by atoms with E-state index in [1.54, 1.807) is 10.7 Å². The molecule has 0 fully saturated rings. The summed E-state index contributed by atoms with van der Waals surface area (Å²) in [6.45, 7) is 3.68. The summed E-state index contributed by atoms with van der Waals surface area (Å²) in [4.78, 5) is 38.9. The SMILES string of the molecule is Cc1cc(C)n(-c2ccc(Cl)c(C(=O)NNC(=O)c3ccc([N+](=O)[O-])cc3)n2)n1. The molecule has 0 unspecified atom stereocenters. The van der Waals surface area contributed by atoms with E-state index >= 15 is 0 Å². The second-order valence-electron chi connectivity index (χ2n) is 6.05. The average Bonchev–Trinajstić information content (AvgIpc) is 3.04. The lowest BCUT2D eigenvalue weighted by atomic mass is 10.2. The third kappa shape index (κ3) is 4.38. The molecular formula is C18H15ClN6O4.